The van der Waals surface area contributed by atoms with Gasteiger partial charge in [-0.3, -0.25) is 4.79 Å². The van der Waals surface area contributed by atoms with Crippen LogP contribution in [0.25, 0.3) is 11.4 Å². The van der Waals surface area contributed by atoms with Crippen LogP contribution < -0.4 is 4.74 Å². The second-order valence-electron chi connectivity index (χ2n) is 6.81. The summed E-state index contributed by atoms with van der Waals surface area (Å²) in [7, 11) is 0. The highest BCUT2D eigenvalue weighted by Crippen LogP contribution is 2.43. The van der Waals surface area contributed by atoms with Crippen molar-refractivity contribution in [3.05, 3.63) is 57.1 Å². The quantitative estimate of drug-likeness (QED) is 0.617. The Morgan fingerprint density at radius 3 is 2.68 bits per heavy atom. The normalized spacial score (nSPS) is 15.7. The molecule has 2 aromatic carbocycles. The third-order valence-corrected chi connectivity index (χ3v) is 5.78. The Labute approximate surface area is 172 Å². The number of hydrogen-bond donors (Lipinski definition) is 1. The summed E-state index contributed by atoms with van der Waals surface area (Å²) in [4.78, 5) is 12.6. The van der Waals surface area contributed by atoms with Gasteiger partial charge in [-0.1, -0.05) is 60.8 Å². The minimum absolute atomic E-state index is 0.0125. The number of hydrogen-bond acceptors (Lipinski definition) is 5. The SMILES string of the molecule is CCCC1Cc2cc(OCc3ccc(-c4nn[nH]n4)cc3)c(Cl)c(Cl)c2C1=O. The molecule has 1 heterocycles. The summed E-state index contributed by atoms with van der Waals surface area (Å²) in [6, 6.07) is 9.50. The number of Topliss-reactive ketones (excluding diaryl/α,β-unsaturated/α-hetero) is 1. The predicted molar refractivity (Wildman–Crippen MR) is 107 cm³/mol. The number of H-pyrrole nitrogens is 1. The van der Waals surface area contributed by atoms with Crippen LogP contribution in [0.3, 0.4) is 0 Å². The van der Waals surface area contributed by atoms with Gasteiger partial charge in [-0.05, 0) is 35.2 Å². The molecule has 28 heavy (non-hydrogen) atoms. The summed E-state index contributed by atoms with van der Waals surface area (Å²) < 4.78 is 5.91. The minimum Gasteiger partial charge on any atom is -0.487 e. The number of carbonyl (C=O) groups is 1. The Hall–Kier alpha value is -2.44. The maximum Gasteiger partial charge on any atom is 0.204 e. The van der Waals surface area contributed by atoms with Crippen LogP contribution in [-0.4, -0.2) is 26.4 Å². The van der Waals surface area contributed by atoms with E-state index in [1.54, 1.807) is 0 Å². The van der Waals surface area contributed by atoms with Gasteiger partial charge < -0.3 is 4.74 Å². The van der Waals surface area contributed by atoms with Gasteiger partial charge in [0.15, 0.2) is 5.78 Å². The molecule has 1 aromatic heterocycles. The lowest BCUT2D eigenvalue weighted by molar-refractivity contribution is 0.0930. The monoisotopic (exact) mass is 416 g/mol. The zero-order valence-corrected chi connectivity index (χ0v) is 16.7. The lowest BCUT2D eigenvalue weighted by Gasteiger charge is -2.12. The number of aromatic nitrogens is 4. The first kappa shape index (κ1) is 18.9. The molecule has 0 saturated carbocycles. The minimum atomic E-state index is -0.0125. The second kappa shape index (κ2) is 7.89. The molecule has 1 N–H and O–H groups in total. The third-order valence-electron chi connectivity index (χ3n) is 4.93. The van der Waals surface area contributed by atoms with Gasteiger partial charge in [0, 0.05) is 17.0 Å². The Morgan fingerprint density at radius 2 is 2.00 bits per heavy atom. The number of ketones is 1. The largest absolute Gasteiger partial charge is 0.487 e. The standard InChI is InChI=1S/C20H18Cl2N4O2/c1-2-3-13-8-14-9-15(17(21)18(22)16(14)19(13)27)28-10-11-4-6-12(7-5-11)20-23-25-26-24-20/h4-7,9,13H,2-3,8,10H2,1H3,(H,23,24,25,26). The molecular formula is C20H18Cl2N4O2. The molecule has 4 rings (SSSR count). The Morgan fingerprint density at radius 1 is 1.21 bits per heavy atom. The van der Waals surface area contributed by atoms with Crippen molar-refractivity contribution in [2.24, 2.45) is 5.92 Å². The van der Waals surface area contributed by atoms with Gasteiger partial charge in [-0.15, -0.1) is 10.2 Å². The van der Waals surface area contributed by atoms with E-state index in [0.717, 1.165) is 29.5 Å². The number of nitrogens with zero attached hydrogens (tertiary/aromatic N) is 3. The van der Waals surface area contributed by atoms with Crippen LogP contribution in [0.15, 0.2) is 30.3 Å². The number of carbonyl (C=O) groups excluding carboxylic acids is 1. The summed E-state index contributed by atoms with van der Waals surface area (Å²) in [6.07, 6.45) is 2.50. The average molecular weight is 417 g/mol. The highest BCUT2D eigenvalue weighted by Gasteiger charge is 2.34. The van der Waals surface area contributed by atoms with Crippen molar-refractivity contribution in [3.63, 3.8) is 0 Å². The highest BCUT2D eigenvalue weighted by atomic mass is 35.5. The molecule has 8 heteroatoms. The van der Waals surface area contributed by atoms with E-state index in [2.05, 4.69) is 27.5 Å². The van der Waals surface area contributed by atoms with Gasteiger partial charge in [0.25, 0.3) is 0 Å². The third kappa shape index (κ3) is 3.50. The van der Waals surface area contributed by atoms with Gasteiger partial charge in [-0.25, -0.2) is 0 Å². The van der Waals surface area contributed by atoms with Crippen LogP contribution >= 0.6 is 23.2 Å². The first-order valence-electron chi connectivity index (χ1n) is 9.09. The van der Waals surface area contributed by atoms with Crippen molar-refractivity contribution in [2.45, 2.75) is 32.8 Å². The van der Waals surface area contributed by atoms with E-state index < -0.39 is 0 Å². The van der Waals surface area contributed by atoms with Crippen molar-refractivity contribution in [2.75, 3.05) is 0 Å². The van der Waals surface area contributed by atoms with Crippen LogP contribution in [0, 0.1) is 5.92 Å². The Balaban J connectivity index is 1.51. The van der Waals surface area contributed by atoms with E-state index in [-0.39, 0.29) is 16.7 Å². The fraction of sp³-hybridized carbons (Fsp3) is 0.300. The molecular weight excluding hydrogens is 399 g/mol. The van der Waals surface area contributed by atoms with Crippen LogP contribution in [0.4, 0.5) is 0 Å². The topological polar surface area (TPSA) is 80.8 Å². The molecule has 0 radical (unpaired) electrons. The molecule has 1 unspecified atom stereocenters. The molecule has 0 bridgehead atoms. The van der Waals surface area contributed by atoms with E-state index in [9.17, 15) is 4.79 Å². The predicted octanol–water partition coefficient (Wildman–Crippen LogP) is 4.91. The zero-order chi connectivity index (χ0) is 19.7. The van der Waals surface area contributed by atoms with Gasteiger partial charge in [0.2, 0.25) is 5.82 Å². The number of aromatic amines is 1. The molecule has 1 aliphatic rings. The van der Waals surface area contributed by atoms with Gasteiger partial charge in [0.05, 0.1) is 5.02 Å². The number of tetrazole rings is 1. The maximum absolute atomic E-state index is 12.6. The van der Waals surface area contributed by atoms with Crippen molar-refractivity contribution < 1.29 is 9.53 Å². The number of benzene rings is 2. The fourth-order valence-electron chi connectivity index (χ4n) is 3.52. The molecule has 0 saturated heterocycles. The fourth-order valence-corrected chi connectivity index (χ4v) is 4.04. The van der Waals surface area contributed by atoms with Crippen LogP contribution in [-0.2, 0) is 13.0 Å². The van der Waals surface area contributed by atoms with Crippen LogP contribution in [0.5, 0.6) is 5.75 Å². The molecule has 0 spiro atoms. The first-order chi connectivity index (χ1) is 13.6. The zero-order valence-electron chi connectivity index (χ0n) is 15.2. The van der Waals surface area contributed by atoms with Gasteiger partial charge in [-0.2, -0.15) is 5.21 Å². The number of halogens is 2. The number of ether oxygens (including phenoxy) is 1. The van der Waals surface area contributed by atoms with Gasteiger partial charge in [0.1, 0.15) is 17.4 Å². The van der Waals surface area contributed by atoms with Gasteiger partial charge >= 0.3 is 0 Å². The Kier molecular flexibility index (Phi) is 5.33. The van der Waals surface area contributed by atoms with Crippen molar-refractivity contribution >= 4 is 29.0 Å². The molecule has 3 aromatic rings. The molecule has 6 nitrogen and oxygen atoms in total. The molecule has 0 fully saturated rings. The number of fused-ring (bicyclic) bond motifs is 1. The molecule has 0 amide bonds. The first-order valence-corrected chi connectivity index (χ1v) is 9.84. The summed E-state index contributed by atoms with van der Waals surface area (Å²) in [5.41, 5.74) is 3.29. The second-order valence-corrected chi connectivity index (χ2v) is 7.57. The Bertz CT molecular complexity index is 1000. The lowest BCUT2D eigenvalue weighted by Crippen LogP contribution is -2.08. The average Bonchev–Trinajstić information content (AvgIpc) is 3.33. The highest BCUT2D eigenvalue weighted by molar-refractivity contribution is 6.45. The van der Waals surface area contributed by atoms with E-state index in [0.29, 0.717) is 35.2 Å². The van der Waals surface area contributed by atoms with Crippen LogP contribution in [0.2, 0.25) is 10.0 Å². The van der Waals surface area contributed by atoms with E-state index >= 15 is 0 Å². The van der Waals surface area contributed by atoms with Crippen molar-refractivity contribution in [3.8, 4) is 17.1 Å². The van der Waals surface area contributed by atoms with E-state index in [1.165, 1.54) is 0 Å². The summed E-state index contributed by atoms with van der Waals surface area (Å²) in [5, 5.41) is 14.5. The molecule has 1 atom stereocenters. The number of rotatable bonds is 6. The maximum atomic E-state index is 12.6. The number of nitrogens with one attached hydrogen (secondary N) is 1. The molecule has 0 aliphatic heterocycles. The molecule has 1 aliphatic carbocycles. The van der Waals surface area contributed by atoms with Crippen LogP contribution in [0.1, 0.15) is 41.3 Å². The van der Waals surface area contributed by atoms with Crippen molar-refractivity contribution in [1.82, 2.24) is 20.6 Å². The summed E-state index contributed by atoms with van der Waals surface area (Å²) in [5.74, 6) is 1.11. The summed E-state index contributed by atoms with van der Waals surface area (Å²) >= 11 is 12.8. The van der Waals surface area contributed by atoms with E-state index in [1.807, 2.05) is 30.3 Å². The lowest BCUT2D eigenvalue weighted by atomic mass is 10.00. The van der Waals surface area contributed by atoms with E-state index in [4.69, 9.17) is 27.9 Å². The van der Waals surface area contributed by atoms with Crippen molar-refractivity contribution in [1.29, 1.82) is 0 Å². The molecule has 144 valence electrons. The smallest absolute Gasteiger partial charge is 0.204 e. The summed E-state index contributed by atoms with van der Waals surface area (Å²) in [6.45, 7) is 2.40.